The van der Waals surface area contributed by atoms with Crippen molar-refractivity contribution in [3.8, 4) is 17.9 Å². The van der Waals surface area contributed by atoms with Crippen molar-refractivity contribution in [2.75, 3.05) is 7.11 Å². The highest BCUT2D eigenvalue weighted by molar-refractivity contribution is 7.63. The van der Waals surface area contributed by atoms with Crippen molar-refractivity contribution in [2.45, 2.75) is 5.92 Å². The van der Waals surface area contributed by atoms with Gasteiger partial charge in [-0.25, -0.2) is 0 Å². The van der Waals surface area contributed by atoms with E-state index < -0.39 is 11.8 Å². The Balaban J connectivity index is 2.66. The molecule has 0 aliphatic carbocycles. The van der Waals surface area contributed by atoms with E-state index in [1.807, 2.05) is 18.2 Å². The first-order chi connectivity index (χ1) is 9.63. The van der Waals surface area contributed by atoms with E-state index in [0.717, 1.165) is 0 Å². The predicted octanol–water partition coefficient (Wildman–Crippen LogP) is 1.57. The summed E-state index contributed by atoms with van der Waals surface area (Å²) in [5.41, 5.74) is 6.77. The molecular weight excluding hydrogens is 272 g/mol. The van der Waals surface area contributed by atoms with E-state index in [1.54, 1.807) is 12.1 Å². The number of aliphatic imine (C=N–C) groups is 1. The van der Waals surface area contributed by atoms with Gasteiger partial charge in [0.15, 0.2) is 0 Å². The fourth-order valence-electron chi connectivity index (χ4n) is 2.23. The zero-order valence-electron chi connectivity index (χ0n) is 10.7. The van der Waals surface area contributed by atoms with Gasteiger partial charge in [0.25, 0.3) is 0 Å². The molecule has 1 unspecified atom stereocenters. The number of rotatable bonds is 2. The fourth-order valence-corrected chi connectivity index (χ4v) is 2.51. The quantitative estimate of drug-likeness (QED) is 0.831. The summed E-state index contributed by atoms with van der Waals surface area (Å²) in [6, 6.07) is 11.3. The average molecular weight is 283 g/mol. The van der Waals surface area contributed by atoms with Crippen LogP contribution in [0.15, 0.2) is 39.9 Å². The lowest BCUT2D eigenvalue weighted by molar-refractivity contribution is 0.406. The largest absolute Gasteiger partial charge is 0.759 e. The van der Waals surface area contributed by atoms with Crippen molar-refractivity contribution in [2.24, 2.45) is 16.6 Å². The van der Waals surface area contributed by atoms with E-state index in [9.17, 15) is 10.5 Å². The molecule has 2 rings (SSSR count). The van der Waals surface area contributed by atoms with Crippen molar-refractivity contribution in [1.82, 2.24) is 0 Å². The maximum absolute atomic E-state index is 9.34. The molecule has 1 aromatic carbocycles. The Bertz CT molecular complexity index is 681. The van der Waals surface area contributed by atoms with Gasteiger partial charge in [0, 0.05) is 17.1 Å². The molecule has 1 aromatic rings. The maximum atomic E-state index is 9.34. The van der Waals surface area contributed by atoms with Crippen molar-refractivity contribution in [3.05, 3.63) is 40.4 Å². The number of allylic oxidation sites excluding steroid dienone is 1. The first-order valence-corrected chi connectivity index (χ1v) is 6.22. The first-order valence-electron chi connectivity index (χ1n) is 5.81. The van der Waals surface area contributed by atoms with Crippen LogP contribution >= 0.6 is 0 Å². The molecule has 0 aromatic heterocycles. The second-order valence-corrected chi connectivity index (χ2v) is 4.58. The van der Waals surface area contributed by atoms with Gasteiger partial charge >= 0.3 is 0 Å². The molecule has 6 heteroatoms. The van der Waals surface area contributed by atoms with Gasteiger partial charge in [0.2, 0.25) is 0 Å². The number of para-hydroxylation sites is 1. The highest BCUT2D eigenvalue weighted by Gasteiger charge is 2.34. The van der Waals surface area contributed by atoms with Gasteiger partial charge in [-0.05, 0) is 6.07 Å². The normalized spacial score (nSPS) is 21.6. The van der Waals surface area contributed by atoms with Gasteiger partial charge in [-0.15, -0.1) is 0 Å². The second kappa shape index (κ2) is 5.60. The van der Waals surface area contributed by atoms with Crippen LogP contribution in [-0.4, -0.2) is 12.9 Å². The predicted molar refractivity (Wildman–Crippen MR) is 76.5 cm³/mol. The molecule has 0 bridgehead atoms. The summed E-state index contributed by atoms with van der Waals surface area (Å²) in [7, 11) is 1.53. The Morgan fingerprint density at radius 2 is 2.05 bits per heavy atom. The molecule has 0 fully saturated rings. The minimum Gasteiger partial charge on any atom is -0.759 e. The Hall–Kier alpha value is -2.57. The molecule has 1 aliphatic heterocycles. The van der Waals surface area contributed by atoms with Crippen LogP contribution in [0.3, 0.4) is 0 Å². The molecule has 100 valence electrons. The molecule has 2 atom stereocenters. The number of hydrogen-bond donors (Lipinski definition) is 1. The smallest absolute Gasteiger partial charge is 0.122 e. The third-order valence-corrected chi connectivity index (χ3v) is 3.47. The summed E-state index contributed by atoms with van der Waals surface area (Å²) in [6.07, 6.45) is 0. The molecule has 0 saturated heterocycles. The van der Waals surface area contributed by atoms with E-state index in [2.05, 4.69) is 11.1 Å². The molecule has 0 radical (unpaired) electrons. The number of nitrogens with zero attached hydrogens (tertiary/aromatic N) is 3. The van der Waals surface area contributed by atoms with E-state index in [4.69, 9.17) is 23.1 Å². The monoisotopic (exact) mass is 283 g/mol. The number of amidine groups is 1. The summed E-state index contributed by atoms with van der Waals surface area (Å²) >= 11 is 5.08. The number of nitrogens with two attached hydrogens (primary N) is 1. The Kier molecular flexibility index (Phi) is 3.88. The topological polar surface area (TPSA) is 95.2 Å². The number of nitriles is 2. The van der Waals surface area contributed by atoms with Crippen molar-refractivity contribution in [1.29, 1.82) is 10.5 Å². The molecule has 1 aliphatic rings. The fraction of sp³-hybridized carbons (Fsp3) is 0.214. The van der Waals surface area contributed by atoms with Gasteiger partial charge in [0.05, 0.1) is 19.2 Å². The molecule has 0 spiro atoms. The molecule has 2 N–H and O–H groups in total. The van der Waals surface area contributed by atoms with Crippen molar-refractivity contribution < 1.29 is 4.74 Å². The van der Waals surface area contributed by atoms with E-state index in [1.165, 1.54) is 7.11 Å². The maximum Gasteiger partial charge on any atom is 0.122 e. The Morgan fingerprint density at radius 1 is 1.35 bits per heavy atom. The van der Waals surface area contributed by atoms with Crippen LogP contribution in [0, 0.1) is 28.6 Å². The zero-order chi connectivity index (χ0) is 14.7. The third kappa shape index (κ3) is 2.18. The highest BCUT2D eigenvalue weighted by Crippen LogP contribution is 2.40. The Morgan fingerprint density at radius 3 is 2.65 bits per heavy atom. The van der Waals surface area contributed by atoms with Crippen molar-refractivity contribution >= 4 is 18.5 Å². The molecular formula is C14H11N4OS-. The molecule has 1 heterocycles. The van der Waals surface area contributed by atoms with Crippen LogP contribution in [0.25, 0.3) is 0 Å². The van der Waals surface area contributed by atoms with Crippen LogP contribution in [0.1, 0.15) is 11.5 Å². The third-order valence-electron chi connectivity index (χ3n) is 3.16. The zero-order valence-corrected chi connectivity index (χ0v) is 11.5. The van der Waals surface area contributed by atoms with Gasteiger partial charge < -0.3 is 23.1 Å². The summed E-state index contributed by atoms with van der Waals surface area (Å²) in [5.74, 6) is -0.561. The van der Waals surface area contributed by atoms with E-state index >= 15 is 0 Å². The summed E-state index contributed by atoms with van der Waals surface area (Å²) < 4.78 is 5.30. The van der Waals surface area contributed by atoms with Gasteiger partial charge in [-0.2, -0.15) is 10.5 Å². The van der Waals surface area contributed by atoms with Crippen LogP contribution in [0.4, 0.5) is 0 Å². The summed E-state index contributed by atoms with van der Waals surface area (Å²) in [4.78, 5) is 3.92. The highest BCUT2D eigenvalue weighted by atomic mass is 32.1. The molecule has 0 saturated carbocycles. The number of ether oxygens (including phenoxy) is 1. The molecule has 0 amide bonds. The number of hydrogen-bond acceptors (Lipinski definition) is 6. The molecule has 5 nitrogen and oxygen atoms in total. The van der Waals surface area contributed by atoms with Crippen LogP contribution in [-0.2, 0) is 12.6 Å². The lowest BCUT2D eigenvalue weighted by Crippen LogP contribution is -2.32. The minimum atomic E-state index is -0.729. The second-order valence-electron chi connectivity index (χ2n) is 4.19. The van der Waals surface area contributed by atoms with Gasteiger partial charge in [-0.1, -0.05) is 23.2 Å². The first kappa shape index (κ1) is 13.9. The van der Waals surface area contributed by atoms with Crippen LogP contribution in [0.5, 0.6) is 5.75 Å². The summed E-state index contributed by atoms with van der Waals surface area (Å²) in [6.45, 7) is 0. The summed E-state index contributed by atoms with van der Waals surface area (Å²) in [5, 5.41) is 18.8. The number of methoxy groups -OCH3 is 1. The number of benzene rings is 1. The lowest BCUT2D eigenvalue weighted by atomic mass is 9.79. The minimum absolute atomic E-state index is 0.132. The van der Waals surface area contributed by atoms with Gasteiger partial charge in [0.1, 0.15) is 17.5 Å². The van der Waals surface area contributed by atoms with Crippen LogP contribution < -0.4 is 10.5 Å². The standard InChI is InChI=1S/C14H12N4OS/c1-19-11-5-3-2-4-8(11)12-9(6-15)13(17)18-14(20)10(12)7-16/h2-5,9,12,20H,1H3,(H2,17,18)/p-1/t9?,12-/m1/s1. The lowest BCUT2D eigenvalue weighted by Gasteiger charge is -2.30. The molecule has 20 heavy (non-hydrogen) atoms. The van der Waals surface area contributed by atoms with E-state index in [-0.39, 0.29) is 16.4 Å². The Labute approximate surface area is 122 Å². The SMILES string of the molecule is COc1ccccc1[C@H]1C(C#N)=C([S-])N=C(N)C1C#N. The van der Waals surface area contributed by atoms with Crippen molar-refractivity contribution in [3.63, 3.8) is 0 Å². The van der Waals surface area contributed by atoms with Crippen LogP contribution in [0.2, 0.25) is 0 Å². The average Bonchev–Trinajstić information content (AvgIpc) is 2.46. The van der Waals surface area contributed by atoms with Gasteiger partial charge in [-0.3, -0.25) is 4.99 Å². The van der Waals surface area contributed by atoms with E-state index in [0.29, 0.717) is 11.3 Å².